The molecule has 0 spiro atoms. The second-order valence-corrected chi connectivity index (χ2v) is 6.94. The molecule has 0 aliphatic carbocycles. The maximum absolute atomic E-state index is 12.7. The molecule has 0 aromatic heterocycles. The number of ether oxygens (including phenoxy) is 1. The zero-order valence-electron chi connectivity index (χ0n) is 15.0. The van der Waals surface area contributed by atoms with Crippen LogP contribution in [0.2, 0.25) is 5.02 Å². The molecule has 26 heavy (non-hydrogen) atoms. The molecule has 1 N–H and O–H groups in total. The van der Waals surface area contributed by atoms with Crippen molar-refractivity contribution in [3.05, 3.63) is 52.5 Å². The molecule has 1 atom stereocenters. The normalized spacial score (nSPS) is 16.7. The third-order valence-corrected chi connectivity index (χ3v) is 4.98. The van der Waals surface area contributed by atoms with Gasteiger partial charge in [0.2, 0.25) is 11.8 Å². The molecule has 2 aromatic rings. The number of hydrogen-bond donors (Lipinski definition) is 1. The Hall–Kier alpha value is -2.53. The summed E-state index contributed by atoms with van der Waals surface area (Å²) >= 11 is 6.16. The smallest absolute Gasteiger partial charge is 0.229 e. The van der Waals surface area contributed by atoms with Crippen molar-refractivity contribution in [1.82, 2.24) is 0 Å². The van der Waals surface area contributed by atoms with Gasteiger partial charge in [-0.3, -0.25) is 9.59 Å². The molecule has 1 aliphatic heterocycles. The first-order valence-corrected chi connectivity index (χ1v) is 8.79. The molecule has 0 saturated carbocycles. The fourth-order valence-corrected chi connectivity index (χ4v) is 3.21. The van der Waals surface area contributed by atoms with Gasteiger partial charge in [-0.1, -0.05) is 23.7 Å². The largest absolute Gasteiger partial charge is 0.495 e. The maximum atomic E-state index is 12.7. The molecule has 0 bridgehead atoms. The van der Waals surface area contributed by atoms with Crippen molar-refractivity contribution < 1.29 is 14.3 Å². The van der Waals surface area contributed by atoms with Gasteiger partial charge in [0.25, 0.3) is 0 Å². The van der Waals surface area contributed by atoms with E-state index in [2.05, 4.69) is 5.32 Å². The highest BCUT2D eigenvalue weighted by Crippen LogP contribution is 2.31. The lowest BCUT2D eigenvalue weighted by atomic mass is 10.1. The predicted molar refractivity (Wildman–Crippen MR) is 103 cm³/mol. The van der Waals surface area contributed by atoms with Gasteiger partial charge >= 0.3 is 0 Å². The number of nitrogens with zero attached hydrogens (tertiary/aromatic N) is 1. The van der Waals surface area contributed by atoms with Crippen LogP contribution in [0.3, 0.4) is 0 Å². The molecule has 0 unspecified atom stereocenters. The Morgan fingerprint density at radius 3 is 2.69 bits per heavy atom. The van der Waals surface area contributed by atoms with E-state index in [4.69, 9.17) is 16.3 Å². The SMILES string of the molecule is COc1ccc(C)cc1NC(=O)[C@H]1CC(=O)N(c2ccc(C)c(Cl)c2)C1. The Balaban J connectivity index is 1.75. The van der Waals surface area contributed by atoms with Crippen molar-refractivity contribution in [1.29, 1.82) is 0 Å². The molecule has 1 heterocycles. The van der Waals surface area contributed by atoms with Crippen LogP contribution in [0.15, 0.2) is 36.4 Å². The number of rotatable bonds is 4. The number of halogens is 1. The van der Waals surface area contributed by atoms with Crippen LogP contribution in [0, 0.1) is 19.8 Å². The van der Waals surface area contributed by atoms with E-state index in [0.717, 1.165) is 11.1 Å². The summed E-state index contributed by atoms with van der Waals surface area (Å²) < 4.78 is 5.29. The maximum Gasteiger partial charge on any atom is 0.229 e. The Morgan fingerprint density at radius 1 is 1.23 bits per heavy atom. The van der Waals surface area contributed by atoms with E-state index in [9.17, 15) is 9.59 Å². The van der Waals surface area contributed by atoms with Crippen molar-refractivity contribution in [2.24, 2.45) is 5.92 Å². The van der Waals surface area contributed by atoms with Crippen LogP contribution < -0.4 is 15.0 Å². The molecule has 2 aromatic carbocycles. The van der Waals surface area contributed by atoms with Crippen LogP contribution in [0.1, 0.15) is 17.5 Å². The van der Waals surface area contributed by atoms with Crippen LogP contribution in [0.4, 0.5) is 11.4 Å². The van der Waals surface area contributed by atoms with Gasteiger partial charge in [0, 0.05) is 23.7 Å². The predicted octanol–water partition coefficient (Wildman–Crippen LogP) is 3.96. The summed E-state index contributed by atoms with van der Waals surface area (Å²) in [5, 5.41) is 3.49. The Labute approximate surface area is 157 Å². The summed E-state index contributed by atoms with van der Waals surface area (Å²) in [6.45, 7) is 4.18. The highest BCUT2D eigenvalue weighted by molar-refractivity contribution is 6.31. The van der Waals surface area contributed by atoms with Crippen molar-refractivity contribution in [2.75, 3.05) is 23.9 Å². The van der Waals surface area contributed by atoms with E-state index in [0.29, 0.717) is 28.7 Å². The fraction of sp³-hybridized carbons (Fsp3) is 0.300. The number of aryl methyl sites for hydroxylation is 2. The van der Waals surface area contributed by atoms with Crippen LogP contribution >= 0.6 is 11.6 Å². The third-order valence-electron chi connectivity index (χ3n) is 4.58. The van der Waals surface area contributed by atoms with Crippen molar-refractivity contribution in [3.63, 3.8) is 0 Å². The van der Waals surface area contributed by atoms with E-state index in [1.54, 1.807) is 18.1 Å². The minimum absolute atomic E-state index is 0.0822. The molecule has 0 radical (unpaired) electrons. The molecule has 1 fully saturated rings. The summed E-state index contributed by atoms with van der Waals surface area (Å²) in [5.74, 6) is -0.104. The lowest BCUT2D eigenvalue weighted by Gasteiger charge is -2.18. The lowest BCUT2D eigenvalue weighted by Crippen LogP contribution is -2.28. The average Bonchev–Trinajstić information content (AvgIpc) is 2.99. The fourth-order valence-electron chi connectivity index (χ4n) is 3.04. The molecule has 3 rings (SSSR count). The van der Waals surface area contributed by atoms with Gasteiger partial charge in [-0.2, -0.15) is 0 Å². The minimum Gasteiger partial charge on any atom is -0.495 e. The molecule has 1 aliphatic rings. The number of carbonyl (C=O) groups excluding carboxylic acids is 2. The first-order valence-electron chi connectivity index (χ1n) is 8.41. The van der Waals surface area contributed by atoms with Gasteiger partial charge in [-0.05, 0) is 49.2 Å². The first-order chi connectivity index (χ1) is 12.4. The first kappa shape index (κ1) is 18.3. The topological polar surface area (TPSA) is 58.6 Å². The molecule has 1 saturated heterocycles. The standard InChI is InChI=1S/C20H21ClN2O3/c1-12-4-7-18(26-3)17(8-12)22-20(25)14-9-19(24)23(11-14)15-6-5-13(2)16(21)10-15/h4-8,10,14H,9,11H2,1-3H3,(H,22,25)/t14-/m0/s1. The number of amides is 2. The Morgan fingerprint density at radius 2 is 2.00 bits per heavy atom. The molecular weight excluding hydrogens is 352 g/mol. The monoisotopic (exact) mass is 372 g/mol. The average molecular weight is 373 g/mol. The zero-order chi connectivity index (χ0) is 18.8. The highest BCUT2D eigenvalue weighted by Gasteiger charge is 2.35. The third kappa shape index (κ3) is 3.68. The van der Waals surface area contributed by atoms with Crippen LogP contribution in [0.5, 0.6) is 5.75 Å². The zero-order valence-corrected chi connectivity index (χ0v) is 15.8. The van der Waals surface area contributed by atoms with Gasteiger partial charge in [-0.25, -0.2) is 0 Å². The van der Waals surface area contributed by atoms with E-state index in [1.165, 1.54) is 0 Å². The summed E-state index contributed by atoms with van der Waals surface area (Å²) in [6, 6.07) is 11.1. The highest BCUT2D eigenvalue weighted by atomic mass is 35.5. The number of hydrogen-bond acceptors (Lipinski definition) is 3. The second-order valence-electron chi connectivity index (χ2n) is 6.53. The number of nitrogens with one attached hydrogen (secondary N) is 1. The van der Waals surface area contributed by atoms with E-state index < -0.39 is 5.92 Å². The van der Waals surface area contributed by atoms with Gasteiger partial charge in [0.1, 0.15) is 5.75 Å². The summed E-state index contributed by atoms with van der Waals surface area (Å²) in [6.07, 6.45) is 0.172. The summed E-state index contributed by atoms with van der Waals surface area (Å²) in [7, 11) is 1.56. The quantitative estimate of drug-likeness (QED) is 0.883. The second kappa shape index (κ2) is 7.38. The number of methoxy groups -OCH3 is 1. The molecule has 136 valence electrons. The van der Waals surface area contributed by atoms with E-state index >= 15 is 0 Å². The Kier molecular flexibility index (Phi) is 5.18. The van der Waals surface area contributed by atoms with Crippen LogP contribution in [0.25, 0.3) is 0 Å². The van der Waals surface area contributed by atoms with Gasteiger partial charge in [0.15, 0.2) is 0 Å². The molecular formula is C20H21ClN2O3. The molecule has 6 heteroatoms. The van der Waals surface area contributed by atoms with E-state index in [-0.39, 0.29) is 18.2 Å². The molecule has 2 amide bonds. The van der Waals surface area contributed by atoms with Gasteiger partial charge in [-0.15, -0.1) is 0 Å². The number of benzene rings is 2. The Bertz CT molecular complexity index is 866. The summed E-state index contributed by atoms with van der Waals surface area (Å²) in [4.78, 5) is 26.7. The number of anilines is 2. The van der Waals surface area contributed by atoms with E-state index in [1.807, 2.05) is 44.2 Å². The van der Waals surface area contributed by atoms with Crippen LogP contribution in [-0.2, 0) is 9.59 Å². The van der Waals surface area contributed by atoms with Crippen molar-refractivity contribution >= 4 is 34.8 Å². The van der Waals surface area contributed by atoms with Crippen molar-refractivity contribution in [2.45, 2.75) is 20.3 Å². The number of carbonyl (C=O) groups is 2. The van der Waals surface area contributed by atoms with Crippen LogP contribution in [-0.4, -0.2) is 25.5 Å². The lowest BCUT2D eigenvalue weighted by molar-refractivity contribution is -0.122. The van der Waals surface area contributed by atoms with Gasteiger partial charge in [0.05, 0.1) is 18.7 Å². The molecule has 5 nitrogen and oxygen atoms in total. The summed E-state index contributed by atoms with van der Waals surface area (Å²) in [5.41, 5.74) is 3.29. The van der Waals surface area contributed by atoms with Gasteiger partial charge < -0.3 is 15.0 Å². The minimum atomic E-state index is -0.423. The van der Waals surface area contributed by atoms with Crippen molar-refractivity contribution in [3.8, 4) is 5.75 Å².